The Hall–Kier alpha value is -2.11. The third kappa shape index (κ3) is 4.21. The van der Waals surface area contributed by atoms with E-state index in [1.807, 2.05) is 39.0 Å². The smallest absolute Gasteiger partial charge is 0.407 e. The van der Waals surface area contributed by atoms with Crippen molar-refractivity contribution in [2.75, 3.05) is 12.1 Å². The molecule has 3 rings (SSSR count). The van der Waals surface area contributed by atoms with E-state index in [0.717, 1.165) is 36.4 Å². The molecule has 1 heterocycles. The van der Waals surface area contributed by atoms with Gasteiger partial charge in [0.1, 0.15) is 5.60 Å². The third-order valence-electron chi connectivity index (χ3n) is 3.90. The van der Waals surface area contributed by atoms with Gasteiger partial charge >= 0.3 is 6.09 Å². The second-order valence-electron chi connectivity index (χ2n) is 7.07. The average molecular weight is 320 g/mol. The monoisotopic (exact) mass is 320 g/mol. The number of fused-ring (bicyclic) bond motifs is 1. The first-order valence-corrected chi connectivity index (χ1v) is 8.05. The largest absolute Gasteiger partial charge is 0.454 e. The summed E-state index contributed by atoms with van der Waals surface area (Å²) in [6.07, 6.45) is 2.50. The van der Waals surface area contributed by atoms with Crippen LogP contribution in [-0.4, -0.2) is 30.6 Å². The van der Waals surface area contributed by atoms with Gasteiger partial charge in [0.2, 0.25) is 6.79 Å². The molecule has 1 saturated carbocycles. The lowest BCUT2D eigenvalue weighted by Crippen LogP contribution is -2.38. The lowest BCUT2D eigenvalue weighted by Gasteiger charge is -2.22. The molecule has 23 heavy (non-hydrogen) atoms. The predicted molar refractivity (Wildman–Crippen MR) is 87.0 cm³/mol. The van der Waals surface area contributed by atoms with E-state index in [1.165, 1.54) is 0 Å². The van der Waals surface area contributed by atoms with Crippen molar-refractivity contribution in [1.29, 1.82) is 0 Å². The molecule has 1 aliphatic carbocycles. The Balaban J connectivity index is 1.49. The summed E-state index contributed by atoms with van der Waals surface area (Å²) >= 11 is 0. The minimum atomic E-state index is -0.465. The van der Waals surface area contributed by atoms with E-state index in [4.69, 9.17) is 14.2 Å². The number of alkyl carbamates (subject to hydrolysis) is 1. The molecule has 0 bridgehead atoms. The normalized spacial score (nSPS) is 22.7. The Morgan fingerprint density at radius 1 is 1.17 bits per heavy atom. The van der Waals surface area contributed by atoms with Crippen LogP contribution in [0, 0.1) is 0 Å². The van der Waals surface area contributed by atoms with Crippen molar-refractivity contribution in [3.05, 3.63) is 18.2 Å². The standard InChI is InChI=1S/C17H24N2O4/c1-17(2,3)23-16(20)19-12-5-4-11(8-12)18-13-6-7-14-15(9-13)22-10-21-14/h6-7,9,11-12,18H,4-5,8,10H2,1-3H3,(H,19,20). The van der Waals surface area contributed by atoms with Gasteiger partial charge in [-0.25, -0.2) is 4.79 Å². The van der Waals surface area contributed by atoms with Gasteiger partial charge in [0.25, 0.3) is 0 Å². The zero-order chi connectivity index (χ0) is 16.4. The topological polar surface area (TPSA) is 68.8 Å². The van der Waals surface area contributed by atoms with Crippen LogP contribution in [0.2, 0.25) is 0 Å². The quantitative estimate of drug-likeness (QED) is 0.894. The molecule has 2 aliphatic rings. The van der Waals surface area contributed by atoms with Gasteiger partial charge in [-0.15, -0.1) is 0 Å². The number of hydrogen-bond acceptors (Lipinski definition) is 5. The van der Waals surface area contributed by atoms with E-state index >= 15 is 0 Å². The highest BCUT2D eigenvalue weighted by atomic mass is 16.7. The fourth-order valence-electron chi connectivity index (χ4n) is 2.94. The van der Waals surface area contributed by atoms with Crippen LogP contribution >= 0.6 is 0 Å². The third-order valence-corrected chi connectivity index (χ3v) is 3.90. The van der Waals surface area contributed by atoms with Gasteiger partial charge in [0, 0.05) is 23.8 Å². The Morgan fingerprint density at radius 2 is 1.91 bits per heavy atom. The van der Waals surface area contributed by atoms with Gasteiger partial charge in [-0.05, 0) is 52.2 Å². The molecule has 2 unspecified atom stereocenters. The molecule has 1 aromatic carbocycles. The van der Waals surface area contributed by atoms with Crippen LogP contribution in [0.1, 0.15) is 40.0 Å². The van der Waals surface area contributed by atoms with Crippen LogP contribution in [0.5, 0.6) is 11.5 Å². The fourth-order valence-corrected chi connectivity index (χ4v) is 2.94. The van der Waals surface area contributed by atoms with Crippen molar-refractivity contribution < 1.29 is 19.0 Å². The number of carbonyl (C=O) groups is 1. The number of hydrogen-bond donors (Lipinski definition) is 2. The summed E-state index contributed by atoms with van der Waals surface area (Å²) in [5.74, 6) is 1.56. The zero-order valence-corrected chi connectivity index (χ0v) is 13.8. The van der Waals surface area contributed by atoms with Crippen molar-refractivity contribution >= 4 is 11.8 Å². The minimum Gasteiger partial charge on any atom is -0.454 e. The molecule has 1 aromatic rings. The van der Waals surface area contributed by atoms with E-state index in [2.05, 4.69) is 10.6 Å². The van der Waals surface area contributed by atoms with Crippen molar-refractivity contribution in [3.63, 3.8) is 0 Å². The van der Waals surface area contributed by atoms with E-state index < -0.39 is 5.60 Å². The number of rotatable bonds is 3. The highest BCUT2D eigenvalue weighted by molar-refractivity contribution is 5.68. The van der Waals surface area contributed by atoms with Crippen molar-refractivity contribution in [1.82, 2.24) is 5.32 Å². The second-order valence-corrected chi connectivity index (χ2v) is 7.07. The molecule has 1 amide bonds. The molecule has 6 nitrogen and oxygen atoms in total. The maximum atomic E-state index is 11.8. The summed E-state index contributed by atoms with van der Waals surface area (Å²) < 4.78 is 16.0. The van der Waals surface area contributed by atoms with Gasteiger partial charge in [0.05, 0.1) is 0 Å². The summed E-state index contributed by atoms with van der Waals surface area (Å²) in [6, 6.07) is 6.33. The number of carbonyl (C=O) groups excluding carboxylic acids is 1. The SMILES string of the molecule is CC(C)(C)OC(=O)NC1CCC(Nc2ccc3c(c2)OCO3)C1. The second kappa shape index (κ2) is 6.18. The Morgan fingerprint density at radius 3 is 2.70 bits per heavy atom. The van der Waals surface area contributed by atoms with Crippen LogP contribution in [-0.2, 0) is 4.74 Å². The van der Waals surface area contributed by atoms with Gasteiger partial charge in [0.15, 0.2) is 11.5 Å². The number of benzene rings is 1. The number of nitrogens with one attached hydrogen (secondary N) is 2. The van der Waals surface area contributed by atoms with E-state index in [1.54, 1.807) is 0 Å². The summed E-state index contributed by atoms with van der Waals surface area (Å²) in [6.45, 7) is 5.88. The first-order valence-electron chi connectivity index (χ1n) is 8.05. The van der Waals surface area contributed by atoms with Crippen LogP contribution in [0.25, 0.3) is 0 Å². The van der Waals surface area contributed by atoms with Gasteiger partial charge < -0.3 is 24.8 Å². The lowest BCUT2D eigenvalue weighted by molar-refractivity contribution is 0.0505. The molecule has 0 saturated heterocycles. The molecule has 1 aliphatic heterocycles. The minimum absolute atomic E-state index is 0.149. The molecule has 0 radical (unpaired) electrons. The Bertz CT molecular complexity index is 582. The number of anilines is 1. The van der Waals surface area contributed by atoms with Gasteiger partial charge in [-0.2, -0.15) is 0 Å². The average Bonchev–Trinajstić information content (AvgIpc) is 3.05. The van der Waals surface area contributed by atoms with Crippen molar-refractivity contribution in [2.24, 2.45) is 0 Å². The number of ether oxygens (including phenoxy) is 3. The van der Waals surface area contributed by atoms with Crippen molar-refractivity contribution in [2.45, 2.75) is 57.7 Å². The fraction of sp³-hybridized carbons (Fsp3) is 0.588. The summed E-state index contributed by atoms with van der Waals surface area (Å²) in [5.41, 5.74) is 0.546. The molecule has 2 atom stereocenters. The Labute approximate surface area is 136 Å². The zero-order valence-electron chi connectivity index (χ0n) is 13.8. The molecule has 2 N–H and O–H groups in total. The highest BCUT2D eigenvalue weighted by Crippen LogP contribution is 2.35. The first kappa shape index (κ1) is 15.8. The predicted octanol–water partition coefficient (Wildman–Crippen LogP) is 3.27. The molecule has 1 fully saturated rings. The van der Waals surface area contributed by atoms with Gasteiger partial charge in [-0.3, -0.25) is 0 Å². The first-order chi connectivity index (χ1) is 10.9. The molecular weight excluding hydrogens is 296 g/mol. The van der Waals surface area contributed by atoms with Crippen LogP contribution in [0.15, 0.2) is 18.2 Å². The van der Waals surface area contributed by atoms with Gasteiger partial charge in [-0.1, -0.05) is 0 Å². The molecule has 0 spiro atoms. The van der Waals surface area contributed by atoms with E-state index in [9.17, 15) is 4.79 Å². The van der Waals surface area contributed by atoms with Crippen molar-refractivity contribution in [3.8, 4) is 11.5 Å². The maximum Gasteiger partial charge on any atom is 0.407 e. The summed E-state index contributed by atoms with van der Waals surface area (Å²) in [7, 11) is 0. The molecule has 6 heteroatoms. The van der Waals surface area contributed by atoms with Crippen LogP contribution in [0.4, 0.5) is 10.5 Å². The lowest BCUT2D eigenvalue weighted by atomic mass is 10.2. The van der Waals surface area contributed by atoms with Crippen LogP contribution < -0.4 is 20.1 Å². The molecule has 126 valence electrons. The van der Waals surface area contributed by atoms with E-state index in [-0.39, 0.29) is 18.9 Å². The van der Waals surface area contributed by atoms with E-state index in [0.29, 0.717) is 6.04 Å². The van der Waals surface area contributed by atoms with Crippen LogP contribution in [0.3, 0.4) is 0 Å². The number of amides is 1. The summed E-state index contributed by atoms with van der Waals surface area (Å²) in [5, 5.41) is 6.44. The molecule has 0 aromatic heterocycles. The molecular formula is C17H24N2O4. The Kier molecular flexibility index (Phi) is 4.24. The maximum absolute atomic E-state index is 11.8. The highest BCUT2D eigenvalue weighted by Gasteiger charge is 2.28. The summed E-state index contributed by atoms with van der Waals surface area (Å²) in [4.78, 5) is 11.8.